The molecule has 1 unspecified atom stereocenters. The van der Waals surface area contributed by atoms with E-state index < -0.39 is 9.84 Å². The Bertz CT molecular complexity index is 457. The third-order valence-electron chi connectivity index (χ3n) is 2.81. The van der Waals surface area contributed by atoms with Crippen LogP contribution in [-0.4, -0.2) is 32.5 Å². The highest BCUT2D eigenvalue weighted by Gasteiger charge is 2.12. The summed E-state index contributed by atoms with van der Waals surface area (Å²) in [6, 6.07) is 2.14. The molecule has 0 saturated heterocycles. The summed E-state index contributed by atoms with van der Waals surface area (Å²) in [5.41, 5.74) is 2.32. The number of aromatic nitrogens is 1. The van der Waals surface area contributed by atoms with Crippen molar-refractivity contribution in [3.8, 4) is 0 Å². The van der Waals surface area contributed by atoms with Crippen molar-refractivity contribution in [2.75, 3.05) is 19.1 Å². The summed E-state index contributed by atoms with van der Waals surface area (Å²) in [6.07, 6.45) is 6.35. The fourth-order valence-electron chi connectivity index (χ4n) is 1.85. The topological polar surface area (TPSA) is 59.1 Å². The first-order valence-electron chi connectivity index (χ1n) is 5.69. The summed E-state index contributed by atoms with van der Waals surface area (Å²) >= 11 is 0. The first kappa shape index (κ1) is 14.1. The number of hydrogen-bond donors (Lipinski definition) is 1. The van der Waals surface area contributed by atoms with Crippen LogP contribution in [0, 0.1) is 6.92 Å². The van der Waals surface area contributed by atoms with Crippen LogP contribution < -0.4 is 5.32 Å². The Morgan fingerprint density at radius 1 is 1.47 bits per heavy atom. The zero-order valence-corrected chi connectivity index (χ0v) is 11.4. The quantitative estimate of drug-likeness (QED) is 0.837. The van der Waals surface area contributed by atoms with Gasteiger partial charge in [-0.15, -0.1) is 0 Å². The van der Waals surface area contributed by atoms with Crippen LogP contribution in [-0.2, 0) is 9.84 Å². The van der Waals surface area contributed by atoms with Gasteiger partial charge in [0.2, 0.25) is 0 Å². The first-order valence-corrected chi connectivity index (χ1v) is 7.75. The highest BCUT2D eigenvalue weighted by Crippen LogP contribution is 2.20. The van der Waals surface area contributed by atoms with E-state index in [1.807, 2.05) is 26.2 Å². The second-order valence-electron chi connectivity index (χ2n) is 4.35. The summed E-state index contributed by atoms with van der Waals surface area (Å²) in [5, 5.41) is 3.21. The van der Waals surface area contributed by atoms with Gasteiger partial charge in [-0.1, -0.05) is 0 Å². The van der Waals surface area contributed by atoms with Gasteiger partial charge in [-0.05, 0) is 44.0 Å². The number of rotatable bonds is 6. The number of aryl methyl sites for hydroxylation is 1. The van der Waals surface area contributed by atoms with E-state index in [-0.39, 0.29) is 11.8 Å². The molecule has 0 amide bonds. The summed E-state index contributed by atoms with van der Waals surface area (Å²) in [4.78, 5) is 4.11. The Hall–Kier alpha value is -0.940. The molecule has 1 heterocycles. The normalized spacial score (nSPS) is 13.6. The van der Waals surface area contributed by atoms with E-state index in [1.54, 1.807) is 6.20 Å². The van der Waals surface area contributed by atoms with Crippen LogP contribution in [0.2, 0.25) is 0 Å². The molecule has 1 atom stereocenters. The van der Waals surface area contributed by atoms with Crippen LogP contribution in [0.1, 0.15) is 30.0 Å². The van der Waals surface area contributed by atoms with Crippen LogP contribution in [0.5, 0.6) is 0 Å². The smallest absolute Gasteiger partial charge is 0.147 e. The molecule has 5 heteroatoms. The Kier molecular flexibility index (Phi) is 5.08. The molecule has 17 heavy (non-hydrogen) atoms. The number of nitrogens with zero attached hydrogens (tertiary/aromatic N) is 1. The minimum absolute atomic E-state index is 0.172. The molecule has 1 N–H and O–H groups in total. The minimum atomic E-state index is -2.86. The van der Waals surface area contributed by atoms with Gasteiger partial charge in [0, 0.05) is 30.4 Å². The van der Waals surface area contributed by atoms with Crippen LogP contribution in [0.3, 0.4) is 0 Å². The molecular weight excluding hydrogens is 236 g/mol. The van der Waals surface area contributed by atoms with E-state index in [1.165, 1.54) is 11.8 Å². The second kappa shape index (κ2) is 6.12. The van der Waals surface area contributed by atoms with Gasteiger partial charge in [-0.3, -0.25) is 4.98 Å². The van der Waals surface area contributed by atoms with E-state index in [0.29, 0.717) is 6.42 Å². The Morgan fingerprint density at radius 2 is 2.18 bits per heavy atom. The van der Waals surface area contributed by atoms with Crippen LogP contribution in [0.15, 0.2) is 18.5 Å². The Balaban J connectivity index is 2.64. The van der Waals surface area contributed by atoms with E-state index in [4.69, 9.17) is 0 Å². The average Bonchev–Trinajstić information content (AvgIpc) is 2.24. The molecule has 0 radical (unpaired) electrons. The largest absolute Gasteiger partial charge is 0.313 e. The zero-order chi connectivity index (χ0) is 12.9. The van der Waals surface area contributed by atoms with Crippen molar-refractivity contribution < 1.29 is 8.42 Å². The molecule has 1 aromatic rings. The lowest BCUT2D eigenvalue weighted by atomic mass is 10.0. The number of nitrogens with one attached hydrogen (secondary N) is 1. The maximum absolute atomic E-state index is 11.1. The number of hydrogen-bond acceptors (Lipinski definition) is 4. The van der Waals surface area contributed by atoms with Gasteiger partial charge in [-0.25, -0.2) is 8.42 Å². The lowest BCUT2D eigenvalue weighted by molar-refractivity contribution is 0.533. The highest BCUT2D eigenvalue weighted by atomic mass is 32.2. The molecular formula is C12H20N2O2S. The Labute approximate surface area is 103 Å². The molecule has 4 nitrogen and oxygen atoms in total. The average molecular weight is 256 g/mol. The fourth-order valence-corrected chi connectivity index (χ4v) is 2.54. The molecule has 0 spiro atoms. The predicted octanol–water partition coefficient (Wildman–Crippen LogP) is 1.48. The molecule has 1 aromatic heterocycles. The highest BCUT2D eigenvalue weighted by molar-refractivity contribution is 7.90. The van der Waals surface area contributed by atoms with Crippen LogP contribution in [0.4, 0.5) is 0 Å². The molecule has 0 aliphatic carbocycles. The third-order valence-corrected chi connectivity index (χ3v) is 3.84. The SMILES string of the molecule is CNC(CCCS(C)(=O)=O)c1cnccc1C. The molecule has 0 aromatic carbocycles. The Morgan fingerprint density at radius 3 is 2.71 bits per heavy atom. The maximum Gasteiger partial charge on any atom is 0.147 e. The van der Waals surface area contributed by atoms with Crippen molar-refractivity contribution in [1.29, 1.82) is 0 Å². The standard InChI is InChI=1S/C12H20N2O2S/c1-10-6-7-14-9-11(10)12(13-2)5-4-8-17(3,15)16/h6-7,9,12-13H,4-5,8H2,1-3H3. The third kappa shape index (κ3) is 4.83. The lowest BCUT2D eigenvalue weighted by Crippen LogP contribution is -2.18. The van der Waals surface area contributed by atoms with E-state index in [9.17, 15) is 8.42 Å². The lowest BCUT2D eigenvalue weighted by Gasteiger charge is -2.17. The molecule has 0 aliphatic rings. The van der Waals surface area contributed by atoms with Gasteiger partial charge in [0.1, 0.15) is 9.84 Å². The van der Waals surface area contributed by atoms with Gasteiger partial charge in [-0.2, -0.15) is 0 Å². The van der Waals surface area contributed by atoms with E-state index in [2.05, 4.69) is 10.3 Å². The maximum atomic E-state index is 11.1. The van der Waals surface area contributed by atoms with Crippen molar-refractivity contribution in [3.05, 3.63) is 29.6 Å². The predicted molar refractivity (Wildman–Crippen MR) is 69.7 cm³/mol. The van der Waals surface area contributed by atoms with Gasteiger partial charge in [0.25, 0.3) is 0 Å². The summed E-state index contributed by atoms with van der Waals surface area (Å²) in [5.74, 6) is 0.241. The second-order valence-corrected chi connectivity index (χ2v) is 6.61. The van der Waals surface area contributed by atoms with E-state index in [0.717, 1.165) is 12.0 Å². The van der Waals surface area contributed by atoms with Gasteiger partial charge >= 0.3 is 0 Å². The van der Waals surface area contributed by atoms with Crippen molar-refractivity contribution in [2.45, 2.75) is 25.8 Å². The van der Waals surface area contributed by atoms with Crippen molar-refractivity contribution in [2.24, 2.45) is 0 Å². The van der Waals surface area contributed by atoms with Crippen molar-refractivity contribution in [1.82, 2.24) is 10.3 Å². The minimum Gasteiger partial charge on any atom is -0.313 e. The van der Waals surface area contributed by atoms with Crippen LogP contribution >= 0.6 is 0 Å². The summed E-state index contributed by atoms with van der Waals surface area (Å²) < 4.78 is 22.1. The van der Waals surface area contributed by atoms with Gasteiger partial charge in [0.15, 0.2) is 0 Å². The van der Waals surface area contributed by atoms with Gasteiger partial charge in [0.05, 0.1) is 0 Å². The molecule has 0 fully saturated rings. The zero-order valence-electron chi connectivity index (χ0n) is 10.6. The molecule has 0 saturated carbocycles. The number of pyridine rings is 1. The fraction of sp³-hybridized carbons (Fsp3) is 0.583. The number of sulfone groups is 1. The monoisotopic (exact) mass is 256 g/mol. The summed E-state index contributed by atoms with van der Waals surface area (Å²) in [7, 11) is -0.977. The molecule has 0 aliphatic heterocycles. The summed E-state index contributed by atoms with van der Waals surface area (Å²) in [6.45, 7) is 2.04. The van der Waals surface area contributed by atoms with Crippen molar-refractivity contribution >= 4 is 9.84 Å². The molecule has 1 rings (SSSR count). The molecule has 0 bridgehead atoms. The van der Waals surface area contributed by atoms with Gasteiger partial charge < -0.3 is 5.32 Å². The molecule has 96 valence electrons. The van der Waals surface area contributed by atoms with Crippen molar-refractivity contribution in [3.63, 3.8) is 0 Å². The first-order chi connectivity index (χ1) is 7.94. The van der Waals surface area contributed by atoms with Crippen LogP contribution in [0.25, 0.3) is 0 Å². The van der Waals surface area contributed by atoms with E-state index >= 15 is 0 Å².